The number of methoxy groups -OCH3 is 1. The normalized spacial score (nSPS) is 15.1. The Morgan fingerprint density at radius 1 is 1.07 bits per heavy atom. The summed E-state index contributed by atoms with van der Waals surface area (Å²) >= 11 is 0. The van der Waals surface area contributed by atoms with E-state index in [2.05, 4.69) is 4.98 Å². The fourth-order valence-electron chi connectivity index (χ4n) is 4.25. The van der Waals surface area contributed by atoms with Gasteiger partial charge in [0.25, 0.3) is 0 Å². The number of nitrogen functional groups attached to an aromatic ring is 1. The van der Waals surface area contributed by atoms with Crippen molar-refractivity contribution < 1.29 is 13.9 Å². The van der Waals surface area contributed by atoms with E-state index in [1.165, 1.54) is 19.3 Å². The molecule has 5 nitrogen and oxygen atoms in total. The third kappa shape index (κ3) is 3.27. The number of nitrogens with zero attached hydrogens (tertiary/aromatic N) is 1. The Labute approximate surface area is 169 Å². The van der Waals surface area contributed by atoms with E-state index in [4.69, 9.17) is 19.6 Å². The largest absolute Gasteiger partial charge is 0.496 e. The summed E-state index contributed by atoms with van der Waals surface area (Å²) in [6.07, 6.45) is 7.93. The van der Waals surface area contributed by atoms with Crippen LogP contribution in [0.15, 0.2) is 53.1 Å². The van der Waals surface area contributed by atoms with Crippen LogP contribution in [-0.2, 0) is 0 Å². The summed E-state index contributed by atoms with van der Waals surface area (Å²) in [5.74, 6) is 2.64. The number of pyridine rings is 1. The number of hydrogen-bond donors (Lipinski definition) is 1. The van der Waals surface area contributed by atoms with E-state index in [0.717, 1.165) is 51.7 Å². The zero-order chi connectivity index (χ0) is 19.8. The lowest BCUT2D eigenvalue weighted by Gasteiger charge is -2.23. The van der Waals surface area contributed by atoms with Gasteiger partial charge in [-0.15, -0.1) is 0 Å². The highest BCUT2D eigenvalue weighted by Gasteiger charge is 2.19. The monoisotopic (exact) mass is 388 g/mol. The number of furan rings is 1. The number of hydrogen-bond acceptors (Lipinski definition) is 5. The number of nitrogens with two attached hydrogens (primary N) is 1. The van der Waals surface area contributed by atoms with Gasteiger partial charge in [-0.2, -0.15) is 0 Å². The summed E-state index contributed by atoms with van der Waals surface area (Å²) in [4.78, 5) is 4.40. The van der Waals surface area contributed by atoms with Crippen LogP contribution in [0.4, 0.5) is 5.82 Å². The van der Waals surface area contributed by atoms with Crippen LogP contribution in [0, 0.1) is 0 Å². The van der Waals surface area contributed by atoms with Crippen molar-refractivity contribution in [1.29, 1.82) is 0 Å². The maximum Gasteiger partial charge on any atom is 0.137 e. The van der Waals surface area contributed by atoms with Gasteiger partial charge in [-0.25, -0.2) is 4.98 Å². The van der Waals surface area contributed by atoms with Gasteiger partial charge in [0.15, 0.2) is 0 Å². The highest BCUT2D eigenvalue weighted by Crippen LogP contribution is 2.41. The third-order valence-electron chi connectivity index (χ3n) is 5.72. The Hall–Kier alpha value is -3.21. The first kappa shape index (κ1) is 17.9. The standard InChI is InChI=1S/C24H24N2O3/c1-27-22-13-17(28-16-8-3-2-4-9-16)12-18-19(14-26-24(25)23(18)22)21-11-15-7-5-6-10-20(15)29-21/h5-7,10-14,16H,2-4,8-9H2,1H3,(H2,25,26). The zero-order valence-electron chi connectivity index (χ0n) is 16.5. The van der Waals surface area contributed by atoms with Gasteiger partial charge < -0.3 is 19.6 Å². The maximum atomic E-state index is 6.32. The zero-order valence-corrected chi connectivity index (χ0v) is 16.5. The molecule has 0 aliphatic heterocycles. The Bertz CT molecular complexity index is 1140. The van der Waals surface area contributed by atoms with Crippen LogP contribution in [0.25, 0.3) is 33.1 Å². The van der Waals surface area contributed by atoms with Crippen molar-refractivity contribution in [1.82, 2.24) is 4.98 Å². The second kappa shape index (κ2) is 7.32. The van der Waals surface area contributed by atoms with Crippen LogP contribution in [0.2, 0.25) is 0 Å². The van der Waals surface area contributed by atoms with Gasteiger partial charge in [0.2, 0.25) is 0 Å². The van der Waals surface area contributed by atoms with Crippen molar-refractivity contribution in [2.75, 3.05) is 12.8 Å². The van der Waals surface area contributed by atoms with Crippen LogP contribution in [-0.4, -0.2) is 18.2 Å². The second-order valence-electron chi connectivity index (χ2n) is 7.63. The van der Waals surface area contributed by atoms with Crippen molar-refractivity contribution in [3.63, 3.8) is 0 Å². The molecule has 0 unspecified atom stereocenters. The summed E-state index contributed by atoms with van der Waals surface area (Å²) in [5, 5.41) is 2.75. The third-order valence-corrected chi connectivity index (χ3v) is 5.72. The molecule has 5 heteroatoms. The van der Waals surface area contributed by atoms with Crippen molar-refractivity contribution in [3.8, 4) is 22.8 Å². The average molecular weight is 388 g/mol. The van der Waals surface area contributed by atoms with Crippen LogP contribution in [0.3, 0.4) is 0 Å². The smallest absolute Gasteiger partial charge is 0.137 e. The van der Waals surface area contributed by atoms with Gasteiger partial charge in [-0.05, 0) is 43.9 Å². The number of fused-ring (bicyclic) bond motifs is 2. The molecular weight excluding hydrogens is 364 g/mol. The van der Waals surface area contributed by atoms with Gasteiger partial charge in [0.05, 0.1) is 18.6 Å². The van der Waals surface area contributed by atoms with Gasteiger partial charge in [-0.1, -0.05) is 24.6 Å². The SMILES string of the molecule is COc1cc(OC2CCCCC2)cc2c(-c3cc4ccccc4o3)cnc(N)c12. The summed E-state index contributed by atoms with van der Waals surface area (Å²) in [6, 6.07) is 13.9. The lowest BCUT2D eigenvalue weighted by atomic mass is 9.97. The fourth-order valence-corrected chi connectivity index (χ4v) is 4.25. The first-order valence-electron chi connectivity index (χ1n) is 10.1. The Morgan fingerprint density at radius 3 is 2.69 bits per heavy atom. The molecule has 2 aromatic carbocycles. The van der Waals surface area contributed by atoms with E-state index in [9.17, 15) is 0 Å². The second-order valence-corrected chi connectivity index (χ2v) is 7.63. The van der Waals surface area contributed by atoms with E-state index >= 15 is 0 Å². The van der Waals surface area contributed by atoms with E-state index in [-0.39, 0.29) is 6.10 Å². The van der Waals surface area contributed by atoms with Gasteiger partial charge in [0.1, 0.15) is 28.7 Å². The molecule has 1 aliphatic carbocycles. The van der Waals surface area contributed by atoms with Crippen molar-refractivity contribution in [2.45, 2.75) is 38.2 Å². The van der Waals surface area contributed by atoms with Crippen LogP contribution in [0.5, 0.6) is 11.5 Å². The molecule has 2 heterocycles. The molecule has 5 rings (SSSR count). The maximum absolute atomic E-state index is 6.32. The lowest BCUT2D eigenvalue weighted by Crippen LogP contribution is -2.19. The van der Waals surface area contributed by atoms with Crippen molar-refractivity contribution >= 4 is 27.6 Å². The molecule has 29 heavy (non-hydrogen) atoms. The molecule has 0 bridgehead atoms. The Kier molecular flexibility index (Phi) is 4.51. The average Bonchev–Trinajstić information content (AvgIpc) is 3.18. The molecule has 1 aliphatic rings. The molecule has 0 saturated heterocycles. The molecule has 0 atom stereocenters. The summed E-state index contributed by atoms with van der Waals surface area (Å²) in [6.45, 7) is 0. The highest BCUT2D eigenvalue weighted by molar-refractivity contribution is 6.05. The molecule has 148 valence electrons. The summed E-state index contributed by atoms with van der Waals surface area (Å²) < 4.78 is 18.1. The summed E-state index contributed by atoms with van der Waals surface area (Å²) in [5.41, 5.74) is 7.94. The first-order chi connectivity index (χ1) is 14.2. The van der Waals surface area contributed by atoms with Crippen LogP contribution in [0.1, 0.15) is 32.1 Å². The van der Waals surface area contributed by atoms with E-state index < -0.39 is 0 Å². The lowest BCUT2D eigenvalue weighted by molar-refractivity contribution is 0.155. The minimum Gasteiger partial charge on any atom is -0.496 e. The predicted octanol–water partition coefficient (Wildman–Crippen LogP) is 5.95. The van der Waals surface area contributed by atoms with E-state index in [1.807, 2.05) is 42.5 Å². The topological polar surface area (TPSA) is 70.5 Å². The first-order valence-corrected chi connectivity index (χ1v) is 10.1. The highest BCUT2D eigenvalue weighted by atomic mass is 16.5. The number of para-hydroxylation sites is 1. The Morgan fingerprint density at radius 2 is 1.90 bits per heavy atom. The van der Waals surface area contributed by atoms with Crippen LogP contribution < -0.4 is 15.2 Å². The predicted molar refractivity (Wildman–Crippen MR) is 115 cm³/mol. The van der Waals surface area contributed by atoms with Gasteiger partial charge >= 0.3 is 0 Å². The minimum absolute atomic E-state index is 0.250. The molecule has 0 spiro atoms. The number of rotatable bonds is 4. The van der Waals surface area contributed by atoms with Crippen molar-refractivity contribution in [3.05, 3.63) is 48.7 Å². The van der Waals surface area contributed by atoms with Gasteiger partial charge in [-0.3, -0.25) is 0 Å². The van der Waals surface area contributed by atoms with E-state index in [1.54, 1.807) is 13.3 Å². The molecule has 2 aromatic heterocycles. The molecule has 1 fully saturated rings. The number of ether oxygens (including phenoxy) is 2. The number of aromatic nitrogens is 1. The number of anilines is 1. The van der Waals surface area contributed by atoms with Crippen LogP contribution >= 0.6 is 0 Å². The quantitative estimate of drug-likeness (QED) is 0.468. The molecule has 0 radical (unpaired) electrons. The molecular formula is C24H24N2O3. The summed E-state index contributed by atoms with van der Waals surface area (Å²) in [7, 11) is 1.65. The molecule has 1 saturated carbocycles. The minimum atomic E-state index is 0.250. The van der Waals surface area contributed by atoms with Gasteiger partial charge in [0, 0.05) is 28.6 Å². The number of benzene rings is 2. The van der Waals surface area contributed by atoms with E-state index in [0.29, 0.717) is 11.6 Å². The molecule has 2 N–H and O–H groups in total. The molecule has 4 aromatic rings. The fraction of sp³-hybridized carbons (Fsp3) is 0.292. The molecule has 0 amide bonds. The van der Waals surface area contributed by atoms with Crippen molar-refractivity contribution in [2.24, 2.45) is 0 Å². The Balaban J connectivity index is 1.67.